The van der Waals surface area contributed by atoms with Gasteiger partial charge in [0.05, 0.1) is 11.6 Å². The van der Waals surface area contributed by atoms with Crippen LogP contribution in [0.2, 0.25) is 0 Å². The molecule has 0 saturated heterocycles. The summed E-state index contributed by atoms with van der Waals surface area (Å²) in [7, 11) is 0. The van der Waals surface area contributed by atoms with E-state index in [1.807, 2.05) is 19.1 Å². The van der Waals surface area contributed by atoms with Crippen molar-refractivity contribution >= 4 is 11.6 Å². The van der Waals surface area contributed by atoms with Gasteiger partial charge < -0.3 is 10.7 Å². The average Bonchev–Trinajstić information content (AvgIpc) is 2.47. The minimum absolute atomic E-state index is 0.595. The molecule has 96 valence electrons. The minimum Gasteiger partial charge on any atom is -0.366 e. The van der Waals surface area contributed by atoms with Crippen LogP contribution in [0.5, 0.6) is 0 Å². The van der Waals surface area contributed by atoms with Crippen molar-refractivity contribution < 1.29 is 0 Å². The largest absolute Gasteiger partial charge is 0.366 e. The number of hydrazine groups is 1. The van der Waals surface area contributed by atoms with E-state index in [1.54, 1.807) is 12.1 Å². The number of nitrogens with one attached hydrogen (secondary N) is 2. The Morgan fingerprint density at radius 2 is 1.89 bits per heavy atom. The molecule has 6 nitrogen and oxygen atoms in total. The van der Waals surface area contributed by atoms with E-state index in [9.17, 15) is 0 Å². The summed E-state index contributed by atoms with van der Waals surface area (Å²) in [4.78, 5) is 8.18. The van der Waals surface area contributed by atoms with Crippen LogP contribution in [0.3, 0.4) is 0 Å². The Balaban J connectivity index is 2.08. The zero-order valence-electron chi connectivity index (χ0n) is 10.5. The van der Waals surface area contributed by atoms with Gasteiger partial charge in [-0.25, -0.2) is 15.8 Å². The van der Waals surface area contributed by atoms with Crippen molar-refractivity contribution in [3.8, 4) is 6.07 Å². The van der Waals surface area contributed by atoms with Crippen LogP contribution in [-0.4, -0.2) is 9.97 Å². The average molecular weight is 254 g/mol. The highest BCUT2D eigenvalue weighted by molar-refractivity contribution is 5.55. The molecule has 0 fully saturated rings. The normalized spacial score (nSPS) is 9.74. The number of anilines is 2. The Labute approximate surface area is 111 Å². The molecule has 0 atom stereocenters. The van der Waals surface area contributed by atoms with Gasteiger partial charge in [0, 0.05) is 12.1 Å². The van der Waals surface area contributed by atoms with Crippen molar-refractivity contribution in [1.29, 1.82) is 5.26 Å². The van der Waals surface area contributed by atoms with E-state index in [0.29, 0.717) is 17.9 Å². The molecule has 2 aromatic rings. The van der Waals surface area contributed by atoms with Gasteiger partial charge in [0.2, 0.25) is 0 Å². The van der Waals surface area contributed by atoms with Crippen LogP contribution in [0.25, 0.3) is 0 Å². The Hall–Kier alpha value is -2.65. The maximum absolute atomic E-state index is 8.73. The molecule has 1 heterocycles. The van der Waals surface area contributed by atoms with Crippen LogP contribution < -0.4 is 16.6 Å². The molecule has 0 unspecified atom stereocenters. The number of hydrogen-bond donors (Lipinski definition) is 3. The first-order chi connectivity index (χ1) is 9.24. The lowest BCUT2D eigenvalue weighted by Crippen LogP contribution is -2.12. The van der Waals surface area contributed by atoms with Crippen LogP contribution in [0, 0.1) is 18.3 Å². The highest BCUT2D eigenvalue weighted by atomic mass is 15.3. The number of benzene rings is 1. The molecule has 1 aromatic carbocycles. The second-order valence-corrected chi connectivity index (χ2v) is 4.00. The zero-order chi connectivity index (χ0) is 13.7. The van der Waals surface area contributed by atoms with Gasteiger partial charge in [-0.15, -0.1) is 0 Å². The molecule has 2 rings (SSSR count). The molecule has 1 aromatic heterocycles. The highest BCUT2D eigenvalue weighted by Crippen LogP contribution is 2.17. The van der Waals surface area contributed by atoms with E-state index in [0.717, 1.165) is 16.9 Å². The third kappa shape index (κ3) is 2.97. The first-order valence-electron chi connectivity index (χ1n) is 5.75. The van der Waals surface area contributed by atoms with Gasteiger partial charge in [-0.3, -0.25) is 0 Å². The molecule has 6 heteroatoms. The molecule has 4 N–H and O–H groups in total. The van der Waals surface area contributed by atoms with Crippen LogP contribution in [0.4, 0.5) is 11.6 Å². The molecular weight excluding hydrogens is 240 g/mol. The maximum atomic E-state index is 8.73. The van der Waals surface area contributed by atoms with Gasteiger partial charge >= 0.3 is 0 Å². The van der Waals surface area contributed by atoms with Crippen molar-refractivity contribution in [2.24, 2.45) is 5.84 Å². The third-order valence-corrected chi connectivity index (χ3v) is 2.76. The fourth-order valence-corrected chi connectivity index (χ4v) is 1.66. The second kappa shape index (κ2) is 5.80. The number of hydrogen-bond acceptors (Lipinski definition) is 6. The third-order valence-electron chi connectivity index (χ3n) is 2.76. The SMILES string of the molecule is Cc1c(NN)ncnc1NCc1ccc(C#N)cc1. The molecule has 0 radical (unpaired) electrons. The number of aromatic nitrogens is 2. The summed E-state index contributed by atoms with van der Waals surface area (Å²) in [6, 6.07) is 9.48. The van der Waals surface area contributed by atoms with Gasteiger partial charge in [0.15, 0.2) is 0 Å². The van der Waals surface area contributed by atoms with Gasteiger partial charge in [-0.2, -0.15) is 5.26 Å². The van der Waals surface area contributed by atoms with Gasteiger partial charge in [0.1, 0.15) is 18.0 Å². The van der Waals surface area contributed by atoms with Crippen LogP contribution in [0.1, 0.15) is 16.7 Å². The molecule has 0 aliphatic carbocycles. The van der Waals surface area contributed by atoms with Crippen LogP contribution in [-0.2, 0) is 6.54 Å². The summed E-state index contributed by atoms with van der Waals surface area (Å²) in [5, 5.41) is 11.9. The highest BCUT2D eigenvalue weighted by Gasteiger charge is 2.05. The van der Waals surface area contributed by atoms with Crippen molar-refractivity contribution in [1.82, 2.24) is 9.97 Å². The summed E-state index contributed by atoms with van der Waals surface area (Å²) in [6.45, 7) is 2.50. The van der Waals surface area contributed by atoms with E-state index in [1.165, 1.54) is 6.33 Å². The van der Waals surface area contributed by atoms with E-state index < -0.39 is 0 Å². The van der Waals surface area contributed by atoms with Gasteiger partial charge in [0.25, 0.3) is 0 Å². The topological polar surface area (TPSA) is 99.7 Å². The Kier molecular flexibility index (Phi) is 3.90. The number of nitrogens with two attached hydrogens (primary N) is 1. The summed E-state index contributed by atoms with van der Waals surface area (Å²) >= 11 is 0. The molecule has 0 bridgehead atoms. The summed E-state index contributed by atoms with van der Waals surface area (Å²) < 4.78 is 0. The first-order valence-corrected chi connectivity index (χ1v) is 5.75. The minimum atomic E-state index is 0.595. The van der Waals surface area contributed by atoms with E-state index in [4.69, 9.17) is 11.1 Å². The number of rotatable bonds is 4. The van der Waals surface area contributed by atoms with E-state index in [-0.39, 0.29) is 0 Å². The Morgan fingerprint density at radius 1 is 1.21 bits per heavy atom. The quantitative estimate of drug-likeness (QED) is 0.565. The van der Waals surface area contributed by atoms with E-state index in [2.05, 4.69) is 26.8 Å². The van der Waals surface area contributed by atoms with Crippen molar-refractivity contribution in [3.05, 3.63) is 47.3 Å². The van der Waals surface area contributed by atoms with Crippen molar-refractivity contribution in [2.75, 3.05) is 10.7 Å². The molecule has 0 aliphatic heterocycles. The van der Waals surface area contributed by atoms with Crippen molar-refractivity contribution in [3.63, 3.8) is 0 Å². The molecular formula is C13H14N6. The lowest BCUT2D eigenvalue weighted by atomic mass is 10.1. The lowest BCUT2D eigenvalue weighted by Gasteiger charge is -2.10. The fourth-order valence-electron chi connectivity index (χ4n) is 1.66. The summed E-state index contributed by atoms with van der Waals surface area (Å²) in [5.41, 5.74) is 5.10. The molecule has 0 aliphatic rings. The van der Waals surface area contributed by atoms with Crippen LogP contribution >= 0.6 is 0 Å². The summed E-state index contributed by atoms with van der Waals surface area (Å²) in [6.07, 6.45) is 1.45. The maximum Gasteiger partial charge on any atom is 0.148 e. The second-order valence-electron chi connectivity index (χ2n) is 4.00. The van der Waals surface area contributed by atoms with Gasteiger partial charge in [-0.05, 0) is 24.6 Å². The molecule has 0 saturated carbocycles. The predicted octanol–water partition coefficient (Wildman–Crippen LogP) is 1.55. The number of nitrogens with zero attached hydrogens (tertiary/aromatic N) is 3. The number of nitrogen functional groups attached to an aromatic ring is 1. The van der Waals surface area contributed by atoms with Crippen LogP contribution in [0.15, 0.2) is 30.6 Å². The molecule has 0 spiro atoms. The monoisotopic (exact) mass is 254 g/mol. The lowest BCUT2D eigenvalue weighted by molar-refractivity contribution is 1.05. The first kappa shape index (κ1) is 12.8. The Bertz CT molecular complexity index is 600. The summed E-state index contributed by atoms with van der Waals surface area (Å²) in [5.74, 6) is 6.68. The standard InChI is InChI=1S/C13H14N6/c1-9-12(17-8-18-13(9)19-15)16-7-11-4-2-10(6-14)3-5-11/h2-5,8H,7,15H2,1H3,(H2,16,17,18,19). The van der Waals surface area contributed by atoms with E-state index >= 15 is 0 Å². The molecule has 0 amide bonds. The smallest absolute Gasteiger partial charge is 0.148 e. The fraction of sp³-hybridized carbons (Fsp3) is 0.154. The number of nitriles is 1. The predicted molar refractivity (Wildman–Crippen MR) is 73.1 cm³/mol. The van der Waals surface area contributed by atoms with Crippen molar-refractivity contribution in [2.45, 2.75) is 13.5 Å². The Morgan fingerprint density at radius 3 is 2.53 bits per heavy atom. The van der Waals surface area contributed by atoms with Gasteiger partial charge in [-0.1, -0.05) is 12.1 Å². The zero-order valence-corrected chi connectivity index (χ0v) is 10.5. The molecule has 19 heavy (non-hydrogen) atoms.